The average molecular weight is 273 g/mol. The Morgan fingerprint density at radius 2 is 2.05 bits per heavy atom. The molecule has 0 spiro atoms. The molecule has 0 atom stereocenters. The molecule has 0 aliphatic rings. The largest absolute Gasteiger partial charge is 0.348 e. The highest BCUT2D eigenvalue weighted by Gasteiger charge is 2.04. The van der Waals surface area contributed by atoms with Gasteiger partial charge < -0.3 is 15.2 Å². The smallest absolute Gasteiger partial charge is 0.319 e. The molecule has 108 valence electrons. The van der Waals surface area contributed by atoms with Gasteiger partial charge in [0.15, 0.2) is 0 Å². The fourth-order valence-electron chi connectivity index (χ4n) is 2.29. The molecule has 0 radical (unpaired) electrons. The van der Waals surface area contributed by atoms with Crippen molar-refractivity contribution >= 4 is 22.6 Å². The van der Waals surface area contributed by atoms with Crippen molar-refractivity contribution in [2.75, 3.05) is 11.9 Å². The van der Waals surface area contributed by atoms with Crippen molar-refractivity contribution in [3.8, 4) is 0 Å². The second-order valence-electron chi connectivity index (χ2n) is 4.96. The first-order valence-electron chi connectivity index (χ1n) is 7.38. The van der Waals surface area contributed by atoms with Crippen molar-refractivity contribution in [2.24, 2.45) is 0 Å². The van der Waals surface area contributed by atoms with Crippen LogP contribution in [0.15, 0.2) is 30.5 Å². The molecule has 2 amide bonds. The summed E-state index contributed by atoms with van der Waals surface area (Å²) in [5.74, 6) is 0. The van der Waals surface area contributed by atoms with Gasteiger partial charge in [-0.15, -0.1) is 0 Å². The molecule has 1 heterocycles. The molecule has 1 aromatic heterocycles. The average Bonchev–Trinajstić information content (AvgIpc) is 2.86. The lowest BCUT2D eigenvalue weighted by molar-refractivity contribution is 0.252. The van der Waals surface area contributed by atoms with Crippen molar-refractivity contribution in [3.05, 3.63) is 30.5 Å². The second-order valence-corrected chi connectivity index (χ2v) is 4.96. The van der Waals surface area contributed by atoms with E-state index in [-0.39, 0.29) is 6.03 Å². The van der Waals surface area contributed by atoms with Gasteiger partial charge in [0.2, 0.25) is 0 Å². The Balaban J connectivity index is 1.97. The maximum absolute atomic E-state index is 11.8. The monoisotopic (exact) mass is 273 g/mol. The van der Waals surface area contributed by atoms with E-state index in [1.54, 1.807) is 0 Å². The third-order valence-corrected chi connectivity index (χ3v) is 3.44. The number of rotatable bonds is 6. The molecule has 4 heteroatoms. The Hall–Kier alpha value is -1.97. The van der Waals surface area contributed by atoms with E-state index in [0.717, 1.165) is 43.6 Å². The van der Waals surface area contributed by atoms with Gasteiger partial charge in [-0.2, -0.15) is 0 Å². The molecule has 0 fully saturated rings. The Kier molecular flexibility index (Phi) is 5.04. The normalized spacial score (nSPS) is 10.7. The third-order valence-electron chi connectivity index (χ3n) is 3.44. The molecule has 20 heavy (non-hydrogen) atoms. The van der Waals surface area contributed by atoms with E-state index in [0.29, 0.717) is 0 Å². The molecule has 2 aromatic rings. The van der Waals surface area contributed by atoms with Gasteiger partial charge in [-0.05, 0) is 36.9 Å². The number of fused-ring (bicyclic) bond motifs is 1. The van der Waals surface area contributed by atoms with Crippen LogP contribution in [0.25, 0.3) is 10.9 Å². The Morgan fingerprint density at radius 3 is 2.80 bits per heavy atom. The number of benzene rings is 1. The van der Waals surface area contributed by atoms with Crippen LogP contribution in [0.2, 0.25) is 0 Å². The van der Waals surface area contributed by atoms with Gasteiger partial charge in [-0.3, -0.25) is 0 Å². The van der Waals surface area contributed by atoms with Crippen LogP contribution in [0, 0.1) is 0 Å². The van der Waals surface area contributed by atoms with Gasteiger partial charge in [0.05, 0.1) is 5.52 Å². The lowest BCUT2D eigenvalue weighted by Gasteiger charge is -2.08. The SMILES string of the molecule is CCCCCNC(=O)Nc1ccc2ccn(CC)c2c1. The number of hydrogen-bond acceptors (Lipinski definition) is 1. The minimum atomic E-state index is -0.130. The first-order chi connectivity index (χ1) is 9.74. The molecule has 1 aromatic carbocycles. The highest BCUT2D eigenvalue weighted by Crippen LogP contribution is 2.20. The fraction of sp³-hybridized carbons (Fsp3) is 0.438. The predicted octanol–water partition coefficient (Wildman–Crippen LogP) is 3.97. The number of carbonyl (C=O) groups excluding carboxylic acids is 1. The molecule has 0 saturated heterocycles. The summed E-state index contributed by atoms with van der Waals surface area (Å²) in [5, 5.41) is 6.96. The van der Waals surface area contributed by atoms with Crippen LogP contribution >= 0.6 is 0 Å². The van der Waals surface area contributed by atoms with E-state index >= 15 is 0 Å². The molecule has 0 saturated carbocycles. The molecule has 0 bridgehead atoms. The van der Waals surface area contributed by atoms with E-state index in [4.69, 9.17) is 0 Å². The zero-order valence-corrected chi connectivity index (χ0v) is 12.3. The number of nitrogens with one attached hydrogen (secondary N) is 2. The summed E-state index contributed by atoms with van der Waals surface area (Å²) in [6.45, 7) is 5.92. The molecule has 4 nitrogen and oxygen atoms in total. The van der Waals surface area contributed by atoms with E-state index in [1.807, 2.05) is 18.2 Å². The summed E-state index contributed by atoms with van der Waals surface area (Å²) in [6, 6.07) is 7.95. The van der Waals surface area contributed by atoms with Gasteiger partial charge in [-0.25, -0.2) is 4.79 Å². The lowest BCUT2D eigenvalue weighted by atomic mass is 10.2. The number of hydrogen-bond donors (Lipinski definition) is 2. The summed E-state index contributed by atoms with van der Waals surface area (Å²) < 4.78 is 2.17. The number of nitrogens with zero attached hydrogens (tertiary/aromatic N) is 1. The van der Waals surface area contributed by atoms with Gasteiger partial charge in [-0.1, -0.05) is 25.8 Å². The van der Waals surface area contributed by atoms with Crippen molar-refractivity contribution in [1.82, 2.24) is 9.88 Å². The minimum absolute atomic E-state index is 0.130. The van der Waals surface area contributed by atoms with Crippen LogP contribution in [0.3, 0.4) is 0 Å². The first kappa shape index (κ1) is 14.4. The summed E-state index contributed by atoms with van der Waals surface area (Å²) in [5.41, 5.74) is 1.98. The lowest BCUT2D eigenvalue weighted by Crippen LogP contribution is -2.29. The van der Waals surface area contributed by atoms with Crippen molar-refractivity contribution in [3.63, 3.8) is 0 Å². The maximum atomic E-state index is 11.8. The van der Waals surface area contributed by atoms with Crippen molar-refractivity contribution < 1.29 is 4.79 Å². The van der Waals surface area contributed by atoms with E-state index in [2.05, 4.69) is 41.3 Å². The molecule has 0 unspecified atom stereocenters. The highest BCUT2D eigenvalue weighted by atomic mass is 16.2. The number of urea groups is 1. The van der Waals surface area contributed by atoms with Gasteiger partial charge >= 0.3 is 6.03 Å². The summed E-state index contributed by atoms with van der Waals surface area (Å²) in [7, 11) is 0. The minimum Gasteiger partial charge on any atom is -0.348 e. The van der Waals surface area contributed by atoms with Gasteiger partial charge in [0.25, 0.3) is 0 Å². The van der Waals surface area contributed by atoms with Crippen LogP contribution in [0.5, 0.6) is 0 Å². The van der Waals surface area contributed by atoms with Gasteiger partial charge in [0.1, 0.15) is 0 Å². The number of anilines is 1. The van der Waals surface area contributed by atoms with Crippen LogP contribution < -0.4 is 10.6 Å². The Labute approximate surface area is 120 Å². The zero-order chi connectivity index (χ0) is 14.4. The van der Waals surface area contributed by atoms with Crippen LogP contribution in [0.4, 0.5) is 10.5 Å². The first-order valence-corrected chi connectivity index (χ1v) is 7.38. The fourth-order valence-corrected chi connectivity index (χ4v) is 2.29. The number of aryl methyl sites for hydroxylation is 1. The Morgan fingerprint density at radius 1 is 1.20 bits per heavy atom. The zero-order valence-electron chi connectivity index (χ0n) is 12.3. The summed E-state index contributed by atoms with van der Waals surface area (Å²) >= 11 is 0. The third kappa shape index (κ3) is 3.53. The maximum Gasteiger partial charge on any atom is 0.319 e. The number of carbonyl (C=O) groups is 1. The van der Waals surface area contributed by atoms with E-state index in [9.17, 15) is 4.79 Å². The van der Waals surface area contributed by atoms with E-state index in [1.165, 1.54) is 5.39 Å². The molecular formula is C16H23N3O. The molecule has 2 N–H and O–H groups in total. The standard InChI is InChI=1S/C16H23N3O/c1-3-5-6-10-17-16(20)18-14-8-7-13-9-11-19(4-2)15(13)12-14/h7-9,11-12H,3-6,10H2,1-2H3,(H2,17,18,20). The van der Waals surface area contributed by atoms with Crippen molar-refractivity contribution in [2.45, 2.75) is 39.7 Å². The number of unbranched alkanes of at least 4 members (excludes halogenated alkanes) is 2. The van der Waals surface area contributed by atoms with Crippen LogP contribution in [0.1, 0.15) is 33.1 Å². The van der Waals surface area contributed by atoms with Gasteiger partial charge in [0, 0.05) is 25.0 Å². The van der Waals surface area contributed by atoms with Crippen LogP contribution in [-0.4, -0.2) is 17.1 Å². The quantitative estimate of drug-likeness (QED) is 0.768. The second kappa shape index (κ2) is 6.98. The molecule has 0 aliphatic heterocycles. The molecule has 0 aliphatic carbocycles. The number of aromatic nitrogens is 1. The van der Waals surface area contributed by atoms with Crippen LogP contribution in [-0.2, 0) is 6.54 Å². The van der Waals surface area contributed by atoms with E-state index < -0.39 is 0 Å². The summed E-state index contributed by atoms with van der Waals surface area (Å²) in [4.78, 5) is 11.8. The topological polar surface area (TPSA) is 46.1 Å². The molecule has 2 rings (SSSR count). The summed E-state index contributed by atoms with van der Waals surface area (Å²) in [6.07, 6.45) is 5.41. The number of amides is 2. The molecular weight excluding hydrogens is 250 g/mol. The van der Waals surface area contributed by atoms with Crippen molar-refractivity contribution in [1.29, 1.82) is 0 Å². The Bertz CT molecular complexity index is 574. The predicted molar refractivity (Wildman–Crippen MR) is 84.2 cm³/mol. The highest BCUT2D eigenvalue weighted by molar-refractivity contribution is 5.92.